The molecule has 19 heavy (non-hydrogen) atoms. The quantitative estimate of drug-likeness (QED) is 0.870. The minimum absolute atomic E-state index is 0.245. The van der Waals surface area contributed by atoms with Gasteiger partial charge in [0.05, 0.1) is 0 Å². The van der Waals surface area contributed by atoms with Gasteiger partial charge >= 0.3 is 5.97 Å². The minimum Gasteiger partial charge on any atom is -0.480 e. The van der Waals surface area contributed by atoms with Crippen molar-refractivity contribution in [1.29, 1.82) is 0 Å². The summed E-state index contributed by atoms with van der Waals surface area (Å²) in [5.74, 6) is -1.17. The predicted octanol–water partition coefficient (Wildman–Crippen LogP) is 2.54. The molecule has 0 spiro atoms. The third-order valence-corrected chi connectivity index (χ3v) is 3.58. The molecule has 4 nitrogen and oxygen atoms in total. The van der Waals surface area contributed by atoms with Crippen molar-refractivity contribution >= 4 is 33.9 Å². The van der Waals surface area contributed by atoms with Gasteiger partial charge in [0, 0.05) is 17.1 Å². The lowest BCUT2D eigenvalue weighted by atomic mass is 10.2. The molecule has 1 N–H and O–H groups in total. The summed E-state index contributed by atoms with van der Waals surface area (Å²) in [6, 6.07) is 6.87. The molecule has 1 fully saturated rings. The molecule has 0 aromatic heterocycles. The Balaban J connectivity index is 2.06. The number of amides is 1. The molecule has 1 aromatic rings. The van der Waals surface area contributed by atoms with Crippen molar-refractivity contribution in [2.45, 2.75) is 18.9 Å². The van der Waals surface area contributed by atoms with Crippen LogP contribution in [0.3, 0.4) is 0 Å². The Bertz CT molecular complexity index is 527. The molecule has 5 heteroatoms. The van der Waals surface area contributed by atoms with E-state index in [9.17, 15) is 9.59 Å². The van der Waals surface area contributed by atoms with E-state index < -0.39 is 12.0 Å². The van der Waals surface area contributed by atoms with Crippen molar-refractivity contribution in [1.82, 2.24) is 4.90 Å². The van der Waals surface area contributed by atoms with E-state index in [4.69, 9.17) is 5.11 Å². The molecule has 0 bridgehead atoms. The lowest BCUT2D eigenvalue weighted by Gasteiger charge is -2.19. The Morgan fingerprint density at radius 1 is 1.42 bits per heavy atom. The van der Waals surface area contributed by atoms with Crippen molar-refractivity contribution < 1.29 is 14.7 Å². The van der Waals surface area contributed by atoms with Crippen LogP contribution in [0.5, 0.6) is 0 Å². The first-order chi connectivity index (χ1) is 9.08. The largest absolute Gasteiger partial charge is 0.480 e. The minimum atomic E-state index is -0.929. The number of halogens is 1. The van der Waals surface area contributed by atoms with Crippen LogP contribution in [0.1, 0.15) is 18.4 Å². The molecule has 1 aliphatic heterocycles. The van der Waals surface area contributed by atoms with E-state index >= 15 is 0 Å². The number of carbonyl (C=O) groups excluding carboxylic acids is 1. The zero-order valence-electron chi connectivity index (χ0n) is 10.3. The fourth-order valence-corrected chi connectivity index (χ4v) is 2.58. The third-order valence-electron chi connectivity index (χ3n) is 3.09. The summed E-state index contributed by atoms with van der Waals surface area (Å²) < 4.78 is 0.937. The van der Waals surface area contributed by atoms with E-state index in [-0.39, 0.29) is 5.91 Å². The highest BCUT2D eigenvalue weighted by molar-refractivity contribution is 9.10. The van der Waals surface area contributed by atoms with Crippen LogP contribution in [-0.4, -0.2) is 34.5 Å². The topological polar surface area (TPSA) is 57.6 Å². The van der Waals surface area contributed by atoms with Crippen LogP contribution < -0.4 is 0 Å². The summed E-state index contributed by atoms with van der Waals surface area (Å²) in [6.45, 7) is 0.513. The maximum Gasteiger partial charge on any atom is 0.326 e. The first-order valence-electron chi connectivity index (χ1n) is 6.05. The monoisotopic (exact) mass is 323 g/mol. The number of carbonyl (C=O) groups is 2. The third kappa shape index (κ3) is 3.44. The summed E-state index contributed by atoms with van der Waals surface area (Å²) >= 11 is 3.36. The van der Waals surface area contributed by atoms with Gasteiger partial charge in [0.15, 0.2) is 0 Å². The molecule has 0 unspecified atom stereocenters. The lowest BCUT2D eigenvalue weighted by molar-refractivity contribution is -0.146. The molecular formula is C14H14BrNO3. The number of hydrogen-bond donors (Lipinski definition) is 1. The van der Waals surface area contributed by atoms with E-state index in [1.807, 2.05) is 24.3 Å². The highest BCUT2D eigenvalue weighted by Gasteiger charge is 2.32. The van der Waals surface area contributed by atoms with E-state index in [2.05, 4.69) is 15.9 Å². The first kappa shape index (κ1) is 13.8. The summed E-state index contributed by atoms with van der Waals surface area (Å²) in [5, 5.41) is 9.03. The second-order valence-electron chi connectivity index (χ2n) is 4.42. The Kier molecular flexibility index (Phi) is 4.37. The zero-order chi connectivity index (χ0) is 13.8. The first-order valence-corrected chi connectivity index (χ1v) is 6.84. The van der Waals surface area contributed by atoms with Crippen LogP contribution in [0.2, 0.25) is 0 Å². The summed E-state index contributed by atoms with van der Waals surface area (Å²) in [5.41, 5.74) is 0.897. The molecule has 2 rings (SSSR count). The van der Waals surface area contributed by atoms with Crippen LogP contribution in [-0.2, 0) is 9.59 Å². The van der Waals surface area contributed by atoms with Crippen LogP contribution in [0.4, 0.5) is 0 Å². The van der Waals surface area contributed by atoms with Crippen molar-refractivity contribution in [3.05, 3.63) is 40.4 Å². The number of hydrogen-bond acceptors (Lipinski definition) is 2. The molecule has 1 atom stereocenters. The van der Waals surface area contributed by atoms with E-state index in [1.54, 1.807) is 6.08 Å². The number of aliphatic carboxylic acids is 1. The highest BCUT2D eigenvalue weighted by Crippen LogP contribution is 2.18. The molecule has 1 aliphatic rings. The van der Waals surface area contributed by atoms with Gasteiger partial charge < -0.3 is 10.0 Å². The lowest BCUT2D eigenvalue weighted by Crippen LogP contribution is -2.39. The van der Waals surface area contributed by atoms with Gasteiger partial charge in [-0.15, -0.1) is 0 Å². The average molecular weight is 324 g/mol. The van der Waals surface area contributed by atoms with E-state index in [0.717, 1.165) is 16.5 Å². The Morgan fingerprint density at radius 3 is 2.89 bits per heavy atom. The second kappa shape index (κ2) is 6.02. The smallest absolute Gasteiger partial charge is 0.326 e. The second-order valence-corrected chi connectivity index (χ2v) is 5.33. The predicted molar refractivity (Wildman–Crippen MR) is 75.5 cm³/mol. The maximum atomic E-state index is 12.0. The van der Waals surface area contributed by atoms with Gasteiger partial charge in [0.1, 0.15) is 6.04 Å². The molecule has 1 amide bonds. The van der Waals surface area contributed by atoms with Crippen molar-refractivity contribution in [2.75, 3.05) is 6.54 Å². The fraction of sp³-hybridized carbons (Fsp3) is 0.286. The SMILES string of the molecule is O=C(O)[C@@H]1CCCN1C(=O)/C=C/c1cccc(Br)c1. The molecule has 1 saturated heterocycles. The molecule has 100 valence electrons. The number of carboxylic acids is 1. The van der Waals surface area contributed by atoms with Crippen LogP contribution in [0.15, 0.2) is 34.8 Å². The number of benzene rings is 1. The van der Waals surface area contributed by atoms with Crippen molar-refractivity contribution in [3.63, 3.8) is 0 Å². The van der Waals surface area contributed by atoms with Gasteiger partial charge in [-0.1, -0.05) is 28.1 Å². The molecule has 0 saturated carbocycles. The molecule has 0 radical (unpaired) electrons. The maximum absolute atomic E-state index is 12.0. The van der Waals surface area contributed by atoms with Crippen molar-refractivity contribution in [3.8, 4) is 0 Å². The number of nitrogens with zero attached hydrogens (tertiary/aromatic N) is 1. The average Bonchev–Trinajstić information content (AvgIpc) is 2.85. The Morgan fingerprint density at radius 2 is 2.21 bits per heavy atom. The number of rotatable bonds is 3. The Hall–Kier alpha value is -1.62. The van der Waals surface area contributed by atoms with Gasteiger partial charge in [-0.25, -0.2) is 4.79 Å². The normalized spacial score (nSPS) is 19.0. The summed E-state index contributed by atoms with van der Waals surface area (Å²) in [7, 11) is 0. The van der Waals surface area contributed by atoms with Gasteiger partial charge in [0.25, 0.3) is 0 Å². The standard InChI is InChI=1S/C14H14BrNO3/c15-11-4-1-3-10(9-11)6-7-13(17)16-8-2-5-12(16)14(18)19/h1,3-4,6-7,9,12H,2,5,8H2,(H,18,19)/b7-6+/t12-/m0/s1. The van der Waals surface area contributed by atoms with Gasteiger partial charge in [0.2, 0.25) is 5.91 Å². The van der Waals surface area contributed by atoms with E-state index in [0.29, 0.717) is 13.0 Å². The Labute approximate surface area is 119 Å². The molecular weight excluding hydrogens is 310 g/mol. The highest BCUT2D eigenvalue weighted by atomic mass is 79.9. The van der Waals surface area contributed by atoms with Gasteiger partial charge in [-0.05, 0) is 36.6 Å². The summed E-state index contributed by atoms with van der Waals surface area (Å²) in [6.07, 6.45) is 4.41. The fourth-order valence-electron chi connectivity index (χ4n) is 2.16. The van der Waals surface area contributed by atoms with Gasteiger partial charge in [-0.2, -0.15) is 0 Å². The molecule has 1 aromatic carbocycles. The van der Waals surface area contributed by atoms with Crippen molar-refractivity contribution in [2.24, 2.45) is 0 Å². The number of likely N-dealkylation sites (tertiary alicyclic amines) is 1. The van der Waals surface area contributed by atoms with Crippen LogP contribution in [0.25, 0.3) is 6.08 Å². The number of carboxylic acid groups (broad SMARTS) is 1. The van der Waals surface area contributed by atoms with E-state index in [1.165, 1.54) is 11.0 Å². The summed E-state index contributed by atoms with van der Waals surface area (Å²) in [4.78, 5) is 24.4. The van der Waals surface area contributed by atoms with Crippen LogP contribution in [0, 0.1) is 0 Å². The zero-order valence-corrected chi connectivity index (χ0v) is 11.8. The van der Waals surface area contributed by atoms with Crippen LogP contribution >= 0.6 is 15.9 Å². The molecule has 1 heterocycles. The van der Waals surface area contributed by atoms with Gasteiger partial charge in [-0.3, -0.25) is 4.79 Å². The molecule has 0 aliphatic carbocycles.